The smallest absolute Gasteiger partial charge is 0.219 e. The largest absolute Gasteiger partial charge is 0.360 e. The van der Waals surface area contributed by atoms with E-state index in [4.69, 9.17) is 5.26 Å². The number of nitrogens with zero attached hydrogens (tertiary/aromatic N) is 2. The zero-order valence-electron chi connectivity index (χ0n) is 21.6. The summed E-state index contributed by atoms with van der Waals surface area (Å²) >= 11 is 0. The number of rotatable bonds is 8. The van der Waals surface area contributed by atoms with E-state index in [0.29, 0.717) is 23.6 Å². The Bertz CT molecular complexity index is 1460. The van der Waals surface area contributed by atoms with Crippen LogP contribution >= 0.6 is 0 Å². The maximum absolute atomic E-state index is 13.9. The lowest BCUT2D eigenvalue weighted by Gasteiger charge is -2.31. The summed E-state index contributed by atoms with van der Waals surface area (Å²) in [5.74, 6) is 0.591. The first-order chi connectivity index (χ1) is 18.5. The van der Waals surface area contributed by atoms with Gasteiger partial charge in [-0.3, -0.25) is 9.59 Å². The van der Waals surface area contributed by atoms with E-state index in [1.807, 2.05) is 65.7 Å². The summed E-state index contributed by atoms with van der Waals surface area (Å²) in [6.45, 7) is 3.84. The van der Waals surface area contributed by atoms with Crippen molar-refractivity contribution in [1.29, 1.82) is 5.26 Å². The molecule has 0 bridgehead atoms. The molecule has 1 atom stereocenters. The number of amides is 1. The summed E-state index contributed by atoms with van der Waals surface area (Å²) in [4.78, 5) is 30.8. The van der Waals surface area contributed by atoms with E-state index in [2.05, 4.69) is 34.6 Å². The normalized spacial score (nSPS) is 14.8. The average molecular weight is 505 g/mol. The lowest BCUT2D eigenvalue weighted by molar-refractivity contribution is -0.129. The van der Waals surface area contributed by atoms with Gasteiger partial charge >= 0.3 is 0 Å². The molecular formula is C32H32N4O2. The van der Waals surface area contributed by atoms with Gasteiger partial charge in [0.2, 0.25) is 5.91 Å². The Morgan fingerprint density at radius 2 is 1.79 bits per heavy atom. The third-order valence-corrected chi connectivity index (χ3v) is 7.62. The van der Waals surface area contributed by atoms with Gasteiger partial charge in [-0.1, -0.05) is 54.6 Å². The van der Waals surface area contributed by atoms with E-state index in [-0.39, 0.29) is 11.7 Å². The van der Waals surface area contributed by atoms with E-state index in [9.17, 15) is 9.59 Å². The van der Waals surface area contributed by atoms with Crippen LogP contribution in [0.3, 0.4) is 0 Å². The van der Waals surface area contributed by atoms with Crippen LogP contribution in [-0.4, -0.2) is 41.2 Å². The Kier molecular flexibility index (Phi) is 7.67. The molecule has 3 aromatic carbocycles. The number of fused-ring (bicyclic) bond motifs is 1. The third-order valence-electron chi connectivity index (χ3n) is 7.62. The quantitative estimate of drug-likeness (QED) is 0.309. The summed E-state index contributed by atoms with van der Waals surface area (Å²) in [6, 6.07) is 25.4. The van der Waals surface area contributed by atoms with Crippen molar-refractivity contribution in [3.05, 3.63) is 107 Å². The van der Waals surface area contributed by atoms with Gasteiger partial charge in [-0.15, -0.1) is 0 Å². The van der Waals surface area contributed by atoms with Gasteiger partial charge in [-0.25, -0.2) is 0 Å². The minimum absolute atomic E-state index is 0.0322. The molecule has 1 aliphatic rings. The van der Waals surface area contributed by atoms with Crippen molar-refractivity contribution >= 4 is 22.6 Å². The van der Waals surface area contributed by atoms with Crippen LogP contribution in [0.4, 0.5) is 0 Å². The van der Waals surface area contributed by atoms with Crippen LogP contribution in [-0.2, 0) is 11.2 Å². The number of Topliss-reactive ketones (excluding diaryl/α,β-unsaturated/α-hetero) is 1. The molecule has 0 aliphatic carbocycles. The number of aromatic amines is 1. The highest BCUT2D eigenvalue weighted by Crippen LogP contribution is 2.32. The zero-order chi connectivity index (χ0) is 26.5. The van der Waals surface area contributed by atoms with Crippen LogP contribution in [0.25, 0.3) is 10.9 Å². The molecule has 1 amide bonds. The number of H-pyrrole nitrogens is 1. The lowest BCUT2D eigenvalue weighted by Crippen LogP contribution is -2.36. The van der Waals surface area contributed by atoms with Crippen LogP contribution in [0.5, 0.6) is 0 Å². The van der Waals surface area contributed by atoms with Crippen molar-refractivity contribution in [2.24, 2.45) is 0 Å². The van der Waals surface area contributed by atoms with Gasteiger partial charge < -0.3 is 15.2 Å². The first kappa shape index (κ1) is 25.4. The average Bonchev–Trinajstić information content (AvgIpc) is 3.39. The number of nitrogens with one attached hydrogen (secondary N) is 2. The van der Waals surface area contributed by atoms with Gasteiger partial charge in [0.25, 0.3) is 0 Å². The van der Waals surface area contributed by atoms with E-state index in [1.165, 1.54) is 5.56 Å². The molecule has 4 aromatic rings. The molecule has 1 fully saturated rings. The number of ketones is 1. The summed E-state index contributed by atoms with van der Waals surface area (Å²) < 4.78 is 0. The number of carbonyl (C=O) groups excluding carboxylic acids is 2. The van der Waals surface area contributed by atoms with Gasteiger partial charge in [0.1, 0.15) is 0 Å². The number of piperidine rings is 1. The number of carbonyl (C=O) groups is 2. The molecule has 6 nitrogen and oxygen atoms in total. The molecular weight excluding hydrogens is 472 g/mol. The van der Waals surface area contributed by atoms with Crippen LogP contribution in [0, 0.1) is 11.3 Å². The maximum Gasteiger partial charge on any atom is 0.219 e. The molecule has 1 aromatic heterocycles. The van der Waals surface area contributed by atoms with Crippen LogP contribution < -0.4 is 5.32 Å². The first-order valence-corrected chi connectivity index (χ1v) is 13.2. The summed E-state index contributed by atoms with van der Waals surface area (Å²) in [5, 5.41) is 13.4. The highest BCUT2D eigenvalue weighted by atomic mass is 16.2. The fourth-order valence-corrected chi connectivity index (χ4v) is 5.40. The minimum atomic E-state index is -0.468. The Morgan fingerprint density at radius 3 is 2.47 bits per heavy atom. The fraction of sp³-hybridized carbons (Fsp3) is 0.281. The Balaban J connectivity index is 1.33. The fourth-order valence-electron chi connectivity index (χ4n) is 5.40. The van der Waals surface area contributed by atoms with E-state index < -0.39 is 6.04 Å². The molecule has 0 saturated carbocycles. The summed E-state index contributed by atoms with van der Waals surface area (Å²) in [6.07, 6.45) is 4.49. The Morgan fingerprint density at radius 1 is 1.05 bits per heavy atom. The van der Waals surface area contributed by atoms with Gasteiger partial charge in [0.05, 0.1) is 17.7 Å². The number of aromatic nitrogens is 1. The molecule has 5 rings (SSSR count). The number of nitriles is 1. The number of benzene rings is 3. The molecule has 0 spiro atoms. The predicted molar refractivity (Wildman–Crippen MR) is 149 cm³/mol. The van der Waals surface area contributed by atoms with Crippen molar-refractivity contribution in [3.63, 3.8) is 0 Å². The molecule has 38 heavy (non-hydrogen) atoms. The van der Waals surface area contributed by atoms with E-state index >= 15 is 0 Å². The Labute approximate surface area is 223 Å². The van der Waals surface area contributed by atoms with Gasteiger partial charge in [0, 0.05) is 49.2 Å². The van der Waals surface area contributed by atoms with Crippen molar-refractivity contribution < 1.29 is 9.59 Å². The van der Waals surface area contributed by atoms with Crippen molar-refractivity contribution in [2.45, 2.75) is 38.1 Å². The molecule has 192 valence electrons. The monoisotopic (exact) mass is 504 g/mol. The van der Waals surface area contributed by atoms with Crippen LogP contribution in [0.1, 0.15) is 64.3 Å². The topological polar surface area (TPSA) is 89.0 Å². The van der Waals surface area contributed by atoms with Crippen molar-refractivity contribution in [2.75, 3.05) is 19.6 Å². The van der Waals surface area contributed by atoms with Crippen molar-refractivity contribution in [1.82, 2.24) is 15.2 Å². The van der Waals surface area contributed by atoms with Crippen LogP contribution in [0.15, 0.2) is 79.0 Å². The summed E-state index contributed by atoms with van der Waals surface area (Å²) in [5.41, 5.74) is 5.58. The second-order valence-corrected chi connectivity index (χ2v) is 10.0. The van der Waals surface area contributed by atoms with Gasteiger partial charge in [-0.2, -0.15) is 5.26 Å². The lowest BCUT2D eigenvalue weighted by atomic mass is 9.88. The van der Waals surface area contributed by atoms with Crippen molar-refractivity contribution in [3.8, 4) is 6.07 Å². The second-order valence-electron chi connectivity index (χ2n) is 10.0. The van der Waals surface area contributed by atoms with E-state index in [0.717, 1.165) is 54.4 Å². The molecule has 1 saturated heterocycles. The summed E-state index contributed by atoms with van der Waals surface area (Å²) in [7, 11) is 0. The second kappa shape index (κ2) is 11.5. The van der Waals surface area contributed by atoms with Gasteiger partial charge in [0.15, 0.2) is 5.78 Å². The SMILES string of the molecule is CC(=O)N1CCC(c2ccc3c(C(=O)[C@H](NCCc4ccc(C#N)cc4)c4ccccc4)c[nH]c3c2)CC1. The minimum Gasteiger partial charge on any atom is -0.360 e. The molecule has 0 radical (unpaired) electrons. The molecule has 1 aliphatic heterocycles. The van der Waals surface area contributed by atoms with Crippen LogP contribution in [0.2, 0.25) is 0 Å². The Hall–Kier alpha value is -4.21. The highest BCUT2D eigenvalue weighted by molar-refractivity contribution is 6.10. The molecule has 6 heteroatoms. The highest BCUT2D eigenvalue weighted by Gasteiger charge is 2.26. The number of hydrogen-bond donors (Lipinski definition) is 2. The molecule has 0 unspecified atom stereocenters. The maximum atomic E-state index is 13.9. The number of hydrogen-bond acceptors (Lipinski definition) is 4. The first-order valence-electron chi connectivity index (χ1n) is 13.2. The third kappa shape index (κ3) is 5.53. The number of likely N-dealkylation sites (tertiary alicyclic amines) is 1. The zero-order valence-corrected chi connectivity index (χ0v) is 21.6. The van der Waals surface area contributed by atoms with Gasteiger partial charge in [-0.05, 0) is 60.1 Å². The predicted octanol–water partition coefficient (Wildman–Crippen LogP) is 5.52. The standard InChI is InChI=1S/C32H32N4O2/c1-22(37)36-17-14-25(15-18-36)27-11-12-28-29(21-35-30(28)19-27)32(38)31(26-5-3-2-4-6-26)34-16-13-23-7-9-24(20-33)10-8-23/h2-12,19,21,25,31,34-35H,13-18H2,1H3/t31-/m1/s1. The molecule has 2 heterocycles. The molecule has 2 N–H and O–H groups in total. The van der Waals surface area contributed by atoms with E-state index in [1.54, 1.807) is 6.92 Å².